The molecule has 0 fully saturated rings. The molecule has 0 aromatic carbocycles. The molecule has 0 saturated carbocycles. The molecular formula is C16H26O10. The highest BCUT2D eigenvalue weighted by atomic mass is 16.4. The van der Waals surface area contributed by atoms with Crippen molar-refractivity contribution in [1.29, 1.82) is 0 Å². The van der Waals surface area contributed by atoms with Crippen LogP contribution in [0.25, 0.3) is 0 Å². The average molecular weight is 378 g/mol. The van der Waals surface area contributed by atoms with E-state index in [1.54, 1.807) is 0 Å². The maximum atomic E-state index is 12.2. The first-order valence-electron chi connectivity index (χ1n) is 7.63. The van der Waals surface area contributed by atoms with Crippen LogP contribution < -0.4 is 0 Å². The molecule has 0 bridgehead atoms. The van der Waals surface area contributed by atoms with E-state index in [-0.39, 0.29) is 0 Å². The minimum absolute atomic E-state index is 0.571. The lowest BCUT2D eigenvalue weighted by molar-refractivity contribution is -0.294. The van der Waals surface area contributed by atoms with Crippen LogP contribution in [0.2, 0.25) is 0 Å². The van der Waals surface area contributed by atoms with Crippen LogP contribution in [0.4, 0.5) is 0 Å². The van der Waals surface area contributed by atoms with Gasteiger partial charge in [0, 0.05) is 0 Å². The molecule has 6 atom stereocenters. The molecule has 0 rings (SSSR count). The second kappa shape index (κ2) is 7.22. The zero-order valence-corrected chi connectivity index (χ0v) is 15.5. The summed E-state index contributed by atoms with van der Waals surface area (Å²) in [6, 6.07) is 0. The Morgan fingerprint density at radius 1 is 0.692 bits per heavy atom. The van der Waals surface area contributed by atoms with Gasteiger partial charge in [0.25, 0.3) is 0 Å². The van der Waals surface area contributed by atoms with Crippen molar-refractivity contribution in [2.24, 2.45) is 0 Å². The van der Waals surface area contributed by atoms with E-state index in [2.05, 4.69) is 0 Å². The SMILES string of the molecule is CC(=O)C(O)[C@](C)(O)[C@@](C)(O)[C@@](O)(C(C)=O)[C@@](O)(C(C)=O)C(O)C(C)=O. The molecule has 0 spiro atoms. The Kier molecular flexibility index (Phi) is 6.78. The van der Waals surface area contributed by atoms with Gasteiger partial charge in [-0.15, -0.1) is 0 Å². The van der Waals surface area contributed by atoms with Gasteiger partial charge in [0.05, 0.1) is 0 Å². The third-order valence-corrected chi connectivity index (χ3v) is 4.99. The lowest BCUT2D eigenvalue weighted by atomic mass is 9.58. The van der Waals surface area contributed by atoms with Crippen LogP contribution >= 0.6 is 0 Å². The molecule has 10 heteroatoms. The summed E-state index contributed by atoms with van der Waals surface area (Å²) < 4.78 is 0. The molecule has 10 nitrogen and oxygen atoms in total. The normalized spacial score (nSPS) is 23.4. The quantitative estimate of drug-likeness (QED) is 0.241. The second-order valence-corrected chi connectivity index (χ2v) is 6.84. The largest absolute Gasteiger partial charge is 0.384 e. The Morgan fingerprint density at radius 2 is 1.04 bits per heavy atom. The Bertz CT molecular complexity index is 623. The second-order valence-electron chi connectivity index (χ2n) is 6.84. The number of hydrogen-bond acceptors (Lipinski definition) is 10. The highest BCUT2D eigenvalue weighted by Crippen LogP contribution is 2.44. The smallest absolute Gasteiger partial charge is 0.194 e. The van der Waals surface area contributed by atoms with Gasteiger partial charge in [0.15, 0.2) is 40.4 Å². The van der Waals surface area contributed by atoms with E-state index in [0.29, 0.717) is 27.7 Å². The first-order valence-corrected chi connectivity index (χ1v) is 7.63. The number of aliphatic hydroxyl groups excluding tert-OH is 2. The van der Waals surface area contributed by atoms with Gasteiger partial charge in [-0.2, -0.15) is 0 Å². The molecule has 0 heterocycles. The summed E-state index contributed by atoms with van der Waals surface area (Å²) >= 11 is 0. The number of carbonyl (C=O) groups excluding carboxylic acids is 4. The minimum atomic E-state index is -3.68. The molecule has 0 aromatic heterocycles. The van der Waals surface area contributed by atoms with Crippen molar-refractivity contribution in [3.63, 3.8) is 0 Å². The van der Waals surface area contributed by atoms with Gasteiger partial charge in [0.2, 0.25) is 0 Å². The third-order valence-electron chi connectivity index (χ3n) is 4.99. The summed E-state index contributed by atoms with van der Waals surface area (Å²) in [6.45, 7) is 4.08. The van der Waals surface area contributed by atoms with Crippen LogP contribution in [0.1, 0.15) is 41.5 Å². The topological polar surface area (TPSA) is 190 Å². The van der Waals surface area contributed by atoms with E-state index in [9.17, 15) is 49.8 Å². The zero-order valence-electron chi connectivity index (χ0n) is 15.5. The van der Waals surface area contributed by atoms with Gasteiger partial charge >= 0.3 is 0 Å². The van der Waals surface area contributed by atoms with Crippen LogP contribution in [0.15, 0.2) is 0 Å². The van der Waals surface area contributed by atoms with E-state index in [4.69, 9.17) is 0 Å². The Labute approximate surface area is 150 Å². The highest BCUT2D eigenvalue weighted by molar-refractivity contribution is 6.03. The van der Waals surface area contributed by atoms with Crippen molar-refractivity contribution >= 4 is 23.1 Å². The van der Waals surface area contributed by atoms with Gasteiger partial charge in [-0.3, -0.25) is 19.2 Å². The van der Waals surface area contributed by atoms with Gasteiger partial charge in [-0.05, 0) is 41.5 Å². The predicted molar refractivity (Wildman–Crippen MR) is 85.9 cm³/mol. The summed E-state index contributed by atoms with van der Waals surface area (Å²) in [7, 11) is 0. The van der Waals surface area contributed by atoms with E-state index >= 15 is 0 Å². The maximum absolute atomic E-state index is 12.2. The molecule has 0 aliphatic rings. The number of rotatable bonds is 9. The standard InChI is InChI=1S/C16H26O10/c1-7(17)11(21)13(5,23)14(6,24)16(26,10(4)20)15(25,9(3)19)12(22)8(2)18/h11-12,21-26H,1-6H3/t11?,12?,13-,14+,15+,16-/m0/s1. The van der Waals surface area contributed by atoms with Crippen molar-refractivity contribution in [2.75, 3.05) is 0 Å². The fourth-order valence-electron chi connectivity index (χ4n) is 2.95. The number of carbonyl (C=O) groups is 4. The fourth-order valence-corrected chi connectivity index (χ4v) is 2.95. The fraction of sp³-hybridized carbons (Fsp3) is 0.750. The molecule has 0 aromatic rings. The van der Waals surface area contributed by atoms with Gasteiger partial charge < -0.3 is 30.6 Å². The molecular weight excluding hydrogens is 352 g/mol. The molecule has 0 aliphatic heterocycles. The molecule has 0 amide bonds. The van der Waals surface area contributed by atoms with Gasteiger partial charge in [-0.25, -0.2) is 0 Å². The molecule has 0 aliphatic carbocycles. The Balaban J connectivity index is 7.01. The number of ketones is 4. The van der Waals surface area contributed by atoms with Crippen LogP contribution in [-0.2, 0) is 19.2 Å². The molecule has 6 N–H and O–H groups in total. The Hall–Kier alpha value is -1.56. The van der Waals surface area contributed by atoms with Crippen LogP contribution in [0.5, 0.6) is 0 Å². The Morgan fingerprint density at radius 3 is 1.27 bits per heavy atom. The third kappa shape index (κ3) is 3.13. The van der Waals surface area contributed by atoms with Crippen molar-refractivity contribution in [3.05, 3.63) is 0 Å². The van der Waals surface area contributed by atoms with Crippen molar-refractivity contribution in [2.45, 2.75) is 76.2 Å². The van der Waals surface area contributed by atoms with Crippen molar-refractivity contribution < 1.29 is 49.8 Å². The summed E-state index contributed by atoms with van der Waals surface area (Å²) in [4.78, 5) is 47.2. The molecule has 26 heavy (non-hydrogen) atoms. The summed E-state index contributed by atoms with van der Waals surface area (Å²) in [6.07, 6.45) is -5.01. The van der Waals surface area contributed by atoms with E-state index in [0.717, 1.165) is 13.8 Å². The zero-order chi connectivity index (χ0) is 21.5. The number of hydrogen-bond donors (Lipinski definition) is 6. The van der Waals surface area contributed by atoms with Crippen LogP contribution in [0.3, 0.4) is 0 Å². The van der Waals surface area contributed by atoms with Crippen molar-refractivity contribution in [1.82, 2.24) is 0 Å². The summed E-state index contributed by atoms with van der Waals surface area (Å²) in [5, 5.41) is 62.9. The molecule has 2 unspecified atom stereocenters. The summed E-state index contributed by atoms with van der Waals surface area (Å²) in [5.41, 5.74) is -13.5. The molecule has 0 radical (unpaired) electrons. The van der Waals surface area contributed by atoms with Gasteiger partial charge in [0.1, 0.15) is 17.3 Å². The highest BCUT2D eigenvalue weighted by Gasteiger charge is 2.74. The average Bonchev–Trinajstić information content (AvgIpc) is 2.50. The van der Waals surface area contributed by atoms with Crippen molar-refractivity contribution in [3.8, 4) is 0 Å². The van der Waals surface area contributed by atoms with Crippen LogP contribution in [0, 0.1) is 0 Å². The molecule has 150 valence electrons. The maximum Gasteiger partial charge on any atom is 0.194 e. The number of Topliss-reactive ketones (excluding diaryl/α,β-unsaturated/α-hetero) is 4. The van der Waals surface area contributed by atoms with E-state index in [1.165, 1.54) is 0 Å². The predicted octanol–water partition coefficient (Wildman–Crippen LogP) is -2.97. The minimum Gasteiger partial charge on any atom is -0.384 e. The lowest BCUT2D eigenvalue weighted by Crippen LogP contribution is -2.83. The van der Waals surface area contributed by atoms with Crippen LogP contribution in [-0.4, -0.2) is 88.4 Å². The lowest BCUT2D eigenvalue weighted by Gasteiger charge is -2.54. The molecule has 0 saturated heterocycles. The van der Waals surface area contributed by atoms with E-state index < -0.39 is 57.7 Å². The summed E-state index contributed by atoms with van der Waals surface area (Å²) in [5.74, 6) is -5.30. The first-order chi connectivity index (χ1) is 11.3. The number of aliphatic hydroxyl groups is 6. The van der Waals surface area contributed by atoms with Gasteiger partial charge in [-0.1, -0.05) is 0 Å². The first kappa shape index (κ1) is 24.4. The van der Waals surface area contributed by atoms with E-state index in [1.807, 2.05) is 0 Å². The monoisotopic (exact) mass is 378 g/mol.